The molecule has 2 N–H and O–H groups in total. The van der Waals surface area contributed by atoms with E-state index in [9.17, 15) is 0 Å². The minimum atomic E-state index is 0.390. The van der Waals surface area contributed by atoms with E-state index < -0.39 is 0 Å². The molecule has 0 aliphatic heterocycles. The van der Waals surface area contributed by atoms with Gasteiger partial charge in [0.2, 0.25) is 4.77 Å². The quantitative estimate of drug-likeness (QED) is 0.311. The van der Waals surface area contributed by atoms with Crippen molar-refractivity contribution in [1.82, 2.24) is 14.3 Å². The molecule has 152 valence electrons. The highest BCUT2D eigenvalue weighted by molar-refractivity contribution is 7.71. The van der Waals surface area contributed by atoms with Crippen molar-refractivity contribution in [3.8, 4) is 11.4 Å². The lowest BCUT2D eigenvalue weighted by Gasteiger charge is -2.11. The summed E-state index contributed by atoms with van der Waals surface area (Å²) in [6.07, 6.45) is 0. The van der Waals surface area contributed by atoms with Crippen molar-refractivity contribution in [3.05, 3.63) is 93.7 Å². The number of hydrogen-bond acceptors (Lipinski definition) is 4. The van der Waals surface area contributed by atoms with Crippen LogP contribution in [0.4, 0.5) is 11.4 Å². The molecule has 0 saturated carbocycles. The predicted octanol–water partition coefficient (Wildman–Crippen LogP) is 6.53. The summed E-state index contributed by atoms with van der Waals surface area (Å²) in [6.45, 7) is 0.820. The predicted molar refractivity (Wildman–Crippen MR) is 127 cm³/mol. The fourth-order valence-corrected chi connectivity index (χ4v) is 3.68. The molecule has 0 unspecified atom stereocenters. The summed E-state index contributed by atoms with van der Waals surface area (Å²) in [4.78, 5) is 0. The number of nitrogens with zero attached hydrogens (tertiary/aromatic N) is 3. The second-order valence-electron chi connectivity index (χ2n) is 6.53. The highest BCUT2D eigenvalue weighted by Gasteiger charge is 2.13. The molecular formula is C22H19Cl2N5S. The van der Waals surface area contributed by atoms with Crippen molar-refractivity contribution >= 4 is 46.8 Å². The Labute approximate surface area is 189 Å². The maximum Gasteiger partial charge on any atom is 0.201 e. The summed E-state index contributed by atoms with van der Waals surface area (Å²) in [6, 6.07) is 25.1. The third kappa shape index (κ3) is 4.51. The molecule has 8 heteroatoms. The minimum absolute atomic E-state index is 0.390. The van der Waals surface area contributed by atoms with E-state index in [1.807, 2.05) is 83.4 Å². The van der Waals surface area contributed by atoms with Crippen molar-refractivity contribution in [2.45, 2.75) is 13.3 Å². The monoisotopic (exact) mass is 455 g/mol. The first-order chi connectivity index (χ1) is 14.6. The Hall–Kier alpha value is -2.80. The molecule has 4 aromatic rings. The zero-order valence-corrected chi connectivity index (χ0v) is 18.3. The van der Waals surface area contributed by atoms with Gasteiger partial charge in [0.05, 0.1) is 28.1 Å². The third-order valence-corrected chi connectivity index (χ3v) is 5.64. The Kier molecular flexibility index (Phi) is 6.38. The van der Waals surface area contributed by atoms with E-state index in [1.165, 1.54) is 0 Å². The van der Waals surface area contributed by atoms with E-state index in [0.717, 1.165) is 22.8 Å². The average Bonchev–Trinajstić information content (AvgIpc) is 3.09. The molecular weight excluding hydrogens is 437 g/mol. The minimum Gasteiger partial charge on any atom is -0.366 e. The van der Waals surface area contributed by atoms with Gasteiger partial charge in [0.15, 0.2) is 5.82 Å². The molecule has 0 amide bonds. The fourth-order valence-electron chi connectivity index (χ4n) is 3.02. The highest BCUT2D eigenvalue weighted by atomic mass is 35.5. The van der Waals surface area contributed by atoms with Crippen LogP contribution in [0.1, 0.15) is 0 Å². The molecule has 1 heterocycles. The van der Waals surface area contributed by atoms with Gasteiger partial charge in [0.25, 0.3) is 0 Å². The van der Waals surface area contributed by atoms with Gasteiger partial charge in [-0.2, -0.15) is 0 Å². The smallest absolute Gasteiger partial charge is 0.201 e. The van der Waals surface area contributed by atoms with Gasteiger partial charge in [-0.1, -0.05) is 77.8 Å². The van der Waals surface area contributed by atoms with Crippen LogP contribution in [0.5, 0.6) is 0 Å². The number of aromatic nitrogens is 3. The third-order valence-electron chi connectivity index (χ3n) is 4.55. The lowest BCUT2D eigenvalue weighted by atomic mass is 10.2. The van der Waals surface area contributed by atoms with Gasteiger partial charge in [0.1, 0.15) is 6.67 Å². The summed E-state index contributed by atoms with van der Waals surface area (Å²) in [5, 5.41) is 12.7. The van der Waals surface area contributed by atoms with E-state index in [4.69, 9.17) is 40.5 Å². The second kappa shape index (κ2) is 9.34. The molecule has 0 aliphatic rings. The van der Waals surface area contributed by atoms with Gasteiger partial charge in [-0.05, 0) is 36.5 Å². The first-order valence-corrected chi connectivity index (χ1v) is 10.5. The summed E-state index contributed by atoms with van der Waals surface area (Å²) >= 11 is 18.3. The van der Waals surface area contributed by atoms with Crippen LogP contribution in [0.2, 0.25) is 10.0 Å². The van der Waals surface area contributed by atoms with Crippen molar-refractivity contribution < 1.29 is 0 Å². The number of para-hydroxylation sites is 2. The van der Waals surface area contributed by atoms with Gasteiger partial charge >= 0.3 is 0 Å². The average molecular weight is 456 g/mol. The van der Waals surface area contributed by atoms with Crippen molar-refractivity contribution in [2.75, 3.05) is 10.6 Å². The van der Waals surface area contributed by atoms with Crippen LogP contribution in [0.3, 0.4) is 0 Å². The Morgan fingerprint density at radius 2 is 1.27 bits per heavy atom. The van der Waals surface area contributed by atoms with Gasteiger partial charge in [-0.3, -0.25) is 4.57 Å². The lowest BCUT2D eigenvalue weighted by molar-refractivity contribution is 0.643. The van der Waals surface area contributed by atoms with Crippen LogP contribution < -0.4 is 10.6 Å². The molecule has 5 nitrogen and oxygen atoms in total. The molecule has 0 saturated heterocycles. The number of nitrogens with one attached hydrogen (secondary N) is 2. The number of benzene rings is 3. The van der Waals surface area contributed by atoms with Crippen molar-refractivity contribution in [1.29, 1.82) is 0 Å². The van der Waals surface area contributed by atoms with Crippen LogP contribution in [0.15, 0.2) is 78.9 Å². The van der Waals surface area contributed by atoms with E-state index in [2.05, 4.69) is 10.6 Å². The van der Waals surface area contributed by atoms with E-state index in [0.29, 0.717) is 28.2 Å². The molecule has 0 aliphatic carbocycles. The summed E-state index contributed by atoms with van der Waals surface area (Å²) < 4.78 is 4.27. The van der Waals surface area contributed by atoms with Crippen LogP contribution in [0, 0.1) is 4.77 Å². The van der Waals surface area contributed by atoms with E-state index in [1.54, 1.807) is 4.68 Å². The Balaban J connectivity index is 1.64. The van der Waals surface area contributed by atoms with E-state index >= 15 is 0 Å². The van der Waals surface area contributed by atoms with Crippen LogP contribution in [0.25, 0.3) is 11.4 Å². The van der Waals surface area contributed by atoms with Crippen LogP contribution in [-0.4, -0.2) is 14.3 Å². The fraction of sp³-hybridized carbons (Fsp3) is 0.0909. The second-order valence-corrected chi connectivity index (χ2v) is 7.71. The SMILES string of the molecule is S=c1n(CNc2ccccc2Cl)nc(-c2ccccc2)n1CNc1ccccc1Cl. The molecule has 0 radical (unpaired) electrons. The Bertz CT molecular complexity index is 1200. The molecule has 3 aromatic carbocycles. The van der Waals surface area contributed by atoms with Gasteiger partial charge in [-0.15, -0.1) is 5.10 Å². The largest absolute Gasteiger partial charge is 0.366 e. The molecule has 0 bridgehead atoms. The number of halogens is 2. The maximum atomic E-state index is 6.28. The maximum absolute atomic E-state index is 6.28. The molecule has 1 aromatic heterocycles. The zero-order valence-electron chi connectivity index (χ0n) is 15.9. The van der Waals surface area contributed by atoms with Crippen LogP contribution in [-0.2, 0) is 13.3 Å². The number of anilines is 2. The Morgan fingerprint density at radius 3 is 1.87 bits per heavy atom. The Morgan fingerprint density at radius 1 is 0.733 bits per heavy atom. The summed E-state index contributed by atoms with van der Waals surface area (Å²) in [5.74, 6) is 0.765. The summed E-state index contributed by atoms with van der Waals surface area (Å²) in [7, 11) is 0. The van der Waals surface area contributed by atoms with Crippen LogP contribution >= 0.6 is 35.4 Å². The molecule has 4 rings (SSSR count). The normalized spacial score (nSPS) is 10.7. The van der Waals surface area contributed by atoms with Crippen molar-refractivity contribution in [3.63, 3.8) is 0 Å². The van der Waals surface area contributed by atoms with Gasteiger partial charge in [-0.25, -0.2) is 4.68 Å². The molecule has 0 spiro atoms. The van der Waals surface area contributed by atoms with Gasteiger partial charge in [0, 0.05) is 5.56 Å². The standard InChI is InChI=1S/C22H19Cl2N5S/c23-17-10-4-6-12-19(17)25-14-28-21(16-8-2-1-3-9-16)27-29(22(28)30)15-26-20-13-7-5-11-18(20)24/h1-13,25-26H,14-15H2. The lowest BCUT2D eigenvalue weighted by Crippen LogP contribution is -2.12. The first kappa shape index (κ1) is 20.5. The molecule has 0 atom stereocenters. The van der Waals surface area contributed by atoms with Gasteiger partial charge < -0.3 is 10.6 Å². The topological polar surface area (TPSA) is 46.8 Å². The first-order valence-electron chi connectivity index (χ1n) is 9.33. The van der Waals surface area contributed by atoms with E-state index in [-0.39, 0.29) is 0 Å². The zero-order chi connectivity index (χ0) is 20.9. The molecule has 30 heavy (non-hydrogen) atoms. The summed E-state index contributed by atoms with van der Waals surface area (Å²) in [5.41, 5.74) is 2.63. The number of rotatable bonds is 7. The highest BCUT2D eigenvalue weighted by Crippen LogP contribution is 2.24. The number of hydrogen-bond donors (Lipinski definition) is 2. The van der Waals surface area contributed by atoms with Crippen molar-refractivity contribution in [2.24, 2.45) is 0 Å². The molecule has 0 fully saturated rings.